The van der Waals surface area contributed by atoms with Crippen LogP contribution in [-0.4, -0.2) is 15.0 Å². The number of benzene rings is 7. The number of rotatable bonds is 12. The van der Waals surface area contributed by atoms with Gasteiger partial charge < -0.3 is 0 Å². The lowest BCUT2D eigenvalue weighted by atomic mass is 9.86. The number of fused-ring (bicyclic) bond motifs is 3. The van der Waals surface area contributed by atoms with Gasteiger partial charge in [-0.25, -0.2) is 0 Å². The standard InChI is InChI=1S/C62H47N3S/c1-42-16-33-60(65-41-42)50-30-31-54(57(39-50)49-29-32-56-55-12-4-5-15-61(55)66-62(56)40-49)53-11-3-2-10-52(53)51-37-45(19-17-43-21-25-47(26-22-43)58-13-6-8-34-63-58)36-46(38-51)20-18-44-23-27-48(28-24-44)59-14-7-9-35-64-59/h2-16,21-41H,17-20H2,1H3. The third-order valence-corrected chi connectivity index (χ3v) is 13.9. The molecule has 0 unspecified atom stereocenters. The molecule has 0 atom stereocenters. The highest BCUT2D eigenvalue weighted by atomic mass is 32.1. The zero-order valence-corrected chi connectivity index (χ0v) is 37.7. The molecular weight excluding hydrogens is 819 g/mol. The van der Waals surface area contributed by atoms with Gasteiger partial charge in [0.05, 0.1) is 17.1 Å². The van der Waals surface area contributed by atoms with Crippen LogP contribution in [0.3, 0.4) is 0 Å². The third kappa shape index (κ3) is 8.72. The maximum Gasteiger partial charge on any atom is 0.0702 e. The fourth-order valence-corrected chi connectivity index (χ4v) is 10.4. The summed E-state index contributed by atoms with van der Waals surface area (Å²) < 4.78 is 2.60. The molecule has 0 saturated heterocycles. The average molecular weight is 866 g/mol. The minimum absolute atomic E-state index is 0.934. The Bertz CT molecular complexity index is 3340. The van der Waals surface area contributed by atoms with Crippen LogP contribution in [0.25, 0.3) is 87.3 Å². The van der Waals surface area contributed by atoms with Crippen molar-refractivity contribution in [3.63, 3.8) is 0 Å². The van der Waals surface area contributed by atoms with Gasteiger partial charge in [0.15, 0.2) is 0 Å². The van der Waals surface area contributed by atoms with Crippen LogP contribution in [0.5, 0.6) is 0 Å². The van der Waals surface area contributed by atoms with Crippen molar-refractivity contribution in [3.05, 3.63) is 247 Å². The van der Waals surface area contributed by atoms with Crippen molar-refractivity contribution >= 4 is 31.5 Å². The fraction of sp³-hybridized carbons (Fsp3) is 0.0806. The topological polar surface area (TPSA) is 38.7 Å². The van der Waals surface area contributed by atoms with Crippen molar-refractivity contribution in [2.24, 2.45) is 0 Å². The summed E-state index contributed by atoms with van der Waals surface area (Å²) >= 11 is 1.86. The van der Waals surface area contributed by atoms with Crippen LogP contribution in [0, 0.1) is 6.92 Å². The number of hydrogen-bond acceptors (Lipinski definition) is 4. The van der Waals surface area contributed by atoms with Gasteiger partial charge in [0, 0.05) is 55.5 Å². The number of pyridine rings is 3. The molecule has 4 aromatic heterocycles. The van der Waals surface area contributed by atoms with E-state index in [9.17, 15) is 0 Å². The summed E-state index contributed by atoms with van der Waals surface area (Å²) in [4.78, 5) is 14.0. The van der Waals surface area contributed by atoms with E-state index >= 15 is 0 Å². The predicted octanol–water partition coefficient (Wildman–Crippen LogP) is 16.1. The maximum absolute atomic E-state index is 4.86. The normalized spacial score (nSPS) is 11.3. The molecule has 11 aromatic rings. The summed E-state index contributed by atoms with van der Waals surface area (Å²) in [6, 6.07) is 73.2. The Morgan fingerprint density at radius 1 is 0.333 bits per heavy atom. The second kappa shape index (κ2) is 18.4. The van der Waals surface area contributed by atoms with Crippen LogP contribution in [0.15, 0.2) is 219 Å². The molecule has 0 spiro atoms. The molecule has 0 bridgehead atoms. The lowest BCUT2D eigenvalue weighted by Crippen LogP contribution is -1.98. The molecule has 0 aliphatic rings. The Hall–Kier alpha value is -7.79. The van der Waals surface area contributed by atoms with Crippen molar-refractivity contribution < 1.29 is 0 Å². The van der Waals surface area contributed by atoms with E-state index in [4.69, 9.17) is 4.98 Å². The van der Waals surface area contributed by atoms with E-state index in [-0.39, 0.29) is 0 Å². The minimum atomic E-state index is 0.934. The first-order chi connectivity index (χ1) is 32.6. The second-order valence-corrected chi connectivity index (χ2v) is 18.3. The number of hydrogen-bond donors (Lipinski definition) is 0. The third-order valence-electron chi connectivity index (χ3n) is 12.7. The summed E-state index contributed by atoms with van der Waals surface area (Å²) in [5.41, 5.74) is 20.1. The Balaban J connectivity index is 0.977. The van der Waals surface area contributed by atoms with E-state index in [0.29, 0.717) is 0 Å². The van der Waals surface area contributed by atoms with Gasteiger partial charge in [-0.1, -0.05) is 152 Å². The van der Waals surface area contributed by atoms with Gasteiger partial charge in [-0.2, -0.15) is 0 Å². The summed E-state index contributed by atoms with van der Waals surface area (Å²) in [6.07, 6.45) is 9.43. The summed E-state index contributed by atoms with van der Waals surface area (Å²) in [7, 11) is 0. The molecule has 0 fully saturated rings. The Morgan fingerprint density at radius 3 is 1.52 bits per heavy atom. The quantitative estimate of drug-likeness (QED) is 0.123. The summed E-state index contributed by atoms with van der Waals surface area (Å²) in [5, 5.41) is 2.61. The van der Waals surface area contributed by atoms with E-state index in [1.54, 1.807) is 0 Å². The number of aromatic nitrogens is 3. The zero-order chi connectivity index (χ0) is 44.2. The highest BCUT2D eigenvalue weighted by molar-refractivity contribution is 7.25. The number of nitrogens with zero attached hydrogens (tertiary/aromatic N) is 3. The maximum atomic E-state index is 4.86. The second-order valence-electron chi connectivity index (χ2n) is 17.2. The van der Waals surface area contributed by atoms with Crippen LogP contribution in [0.2, 0.25) is 0 Å². The van der Waals surface area contributed by atoms with Crippen molar-refractivity contribution in [1.29, 1.82) is 0 Å². The van der Waals surface area contributed by atoms with Crippen molar-refractivity contribution in [1.82, 2.24) is 15.0 Å². The molecular formula is C62H47N3S. The van der Waals surface area contributed by atoms with Gasteiger partial charge in [-0.05, 0) is 142 Å². The SMILES string of the molecule is Cc1ccc(-c2ccc(-c3ccccc3-c3cc(CCc4ccc(-c5ccccn5)cc4)cc(CCc4ccc(-c5ccccn5)cc4)c3)c(-c3ccc4c(c3)sc3ccccc34)c2)nc1. The Kier molecular flexibility index (Phi) is 11.4. The monoisotopic (exact) mass is 865 g/mol. The summed E-state index contributed by atoms with van der Waals surface area (Å²) in [5.74, 6) is 0. The average Bonchev–Trinajstić information content (AvgIpc) is 3.76. The van der Waals surface area contributed by atoms with E-state index in [1.165, 1.54) is 75.8 Å². The molecule has 0 radical (unpaired) electrons. The van der Waals surface area contributed by atoms with E-state index in [1.807, 2.05) is 54.2 Å². The Labute approximate surface area is 390 Å². The van der Waals surface area contributed by atoms with Crippen molar-refractivity contribution in [2.75, 3.05) is 0 Å². The van der Waals surface area contributed by atoms with Crippen LogP contribution in [-0.2, 0) is 25.7 Å². The highest BCUT2D eigenvalue weighted by Crippen LogP contribution is 2.43. The van der Waals surface area contributed by atoms with Gasteiger partial charge in [0.25, 0.3) is 0 Å². The lowest BCUT2D eigenvalue weighted by molar-refractivity contribution is 0.931. The smallest absolute Gasteiger partial charge is 0.0702 e. The van der Waals surface area contributed by atoms with Gasteiger partial charge >= 0.3 is 0 Å². The first kappa shape index (κ1) is 40.9. The summed E-state index contributed by atoms with van der Waals surface area (Å²) in [6.45, 7) is 2.09. The first-order valence-corrected chi connectivity index (χ1v) is 23.6. The molecule has 3 nitrogen and oxygen atoms in total. The molecule has 7 aromatic carbocycles. The minimum Gasteiger partial charge on any atom is -0.256 e. The van der Waals surface area contributed by atoms with E-state index < -0.39 is 0 Å². The van der Waals surface area contributed by atoms with Crippen LogP contribution >= 0.6 is 11.3 Å². The molecule has 0 N–H and O–H groups in total. The first-order valence-electron chi connectivity index (χ1n) is 22.8. The number of aryl methyl sites for hydroxylation is 5. The van der Waals surface area contributed by atoms with Crippen molar-refractivity contribution in [3.8, 4) is 67.2 Å². The highest BCUT2D eigenvalue weighted by Gasteiger charge is 2.17. The molecule has 66 heavy (non-hydrogen) atoms. The molecule has 0 saturated carbocycles. The zero-order valence-electron chi connectivity index (χ0n) is 36.9. The molecule has 0 aliphatic heterocycles. The fourth-order valence-electron chi connectivity index (χ4n) is 9.21. The largest absolute Gasteiger partial charge is 0.256 e. The number of thiophene rings is 1. The lowest BCUT2D eigenvalue weighted by Gasteiger charge is -2.18. The van der Waals surface area contributed by atoms with Gasteiger partial charge in [-0.15, -0.1) is 11.3 Å². The molecule has 0 amide bonds. The predicted molar refractivity (Wildman–Crippen MR) is 278 cm³/mol. The molecule has 0 aliphatic carbocycles. The van der Waals surface area contributed by atoms with Gasteiger partial charge in [0.2, 0.25) is 0 Å². The van der Waals surface area contributed by atoms with Crippen molar-refractivity contribution in [2.45, 2.75) is 32.6 Å². The van der Waals surface area contributed by atoms with Crippen LogP contribution in [0.1, 0.15) is 27.8 Å². The molecule has 11 rings (SSSR count). The molecule has 316 valence electrons. The van der Waals surface area contributed by atoms with Crippen LogP contribution in [0.4, 0.5) is 0 Å². The van der Waals surface area contributed by atoms with Gasteiger partial charge in [0.1, 0.15) is 0 Å². The molecule has 4 heterocycles. The van der Waals surface area contributed by atoms with E-state index in [2.05, 4.69) is 193 Å². The molecule has 4 heteroatoms. The van der Waals surface area contributed by atoms with E-state index in [0.717, 1.165) is 65.0 Å². The van der Waals surface area contributed by atoms with Gasteiger partial charge in [-0.3, -0.25) is 15.0 Å². The Morgan fingerprint density at radius 2 is 0.879 bits per heavy atom. The van der Waals surface area contributed by atoms with Crippen LogP contribution < -0.4 is 0 Å².